The van der Waals surface area contributed by atoms with Gasteiger partial charge >= 0.3 is 0 Å². The van der Waals surface area contributed by atoms with E-state index in [0.717, 1.165) is 16.9 Å². The monoisotopic (exact) mass is 274 g/mol. The molecule has 0 heterocycles. The molecule has 2 rings (SSSR count). The first kappa shape index (κ1) is 13.4. The lowest BCUT2D eigenvalue weighted by Gasteiger charge is -2.01. The lowest BCUT2D eigenvalue weighted by Crippen LogP contribution is -1.89. The van der Waals surface area contributed by atoms with Crippen LogP contribution in [0.15, 0.2) is 53.7 Å². The summed E-state index contributed by atoms with van der Waals surface area (Å²) >= 11 is 6.00. The highest BCUT2D eigenvalue weighted by Gasteiger charge is 1.98. The Bertz CT molecular complexity index is 552. The minimum absolute atomic E-state index is 0.322. The maximum atomic E-state index is 6.00. The minimum Gasteiger partial charge on any atom is -0.497 e. The smallest absolute Gasteiger partial charge is 0.143 e. The average Bonchev–Trinajstić information content (AvgIpc) is 2.46. The van der Waals surface area contributed by atoms with E-state index < -0.39 is 0 Å². The number of nitrogens with zero attached hydrogens (tertiary/aromatic N) is 1. The molecule has 0 aliphatic rings. The van der Waals surface area contributed by atoms with Gasteiger partial charge in [-0.25, -0.2) is 0 Å². The van der Waals surface area contributed by atoms with Gasteiger partial charge in [-0.2, -0.15) is 0 Å². The second kappa shape index (κ2) is 6.81. The van der Waals surface area contributed by atoms with Gasteiger partial charge in [0.25, 0.3) is 0 Å². The highest BCUT2D eigenvalue weighted by Crippen LogP contribution is 2.15. The molecule has 0 saturated carbocycles. The molecule has 0 fully saturated rings. The Morgan fingerprint density at radius 3 is 2.53 bits per heavy atom. The molecule has 3 nitrogen and oxygen atoms in total. The van der Waals surface area contributed by atoms with Gasteiger partial charge < -0.3 is 9.57 Å². The van der Waals surface area contributed by atoms with Crippen LogP contribution in [0, 0.1) is 0 Å². The van der Waals surface area contributed by atoms with Gasteiger partial charge in [-0.15, -0.1) is 0 Å². The van der Waals surface area contributed by atoms with E-state index in [4.69, 9.17) is 21.2 Å². The Morgan fingerprint density at radius 1 is 1.11 bits per heavy atom. The van der Waals surface area contributed by atoms with E-state index in [1.54, 1.807) is 7.11 Å². The molecule has 0 unspecified atom stereocenters. The minimum atomic E-state index is 0.322. The Balaban J connectivity index is 1.88. The van der Waals surface area contributed by atoms with E-state index in [1.807, 2.05) is 48.5 Å². The van der Waals surface area contributed by atoms with Crippen molar-refractivity contribution in [1.29, 1.82) is 0 Å². The average molecular weight is 275 g/mol. The zero-order valence-electron chi connectivity index (χ0n) is 10.5. The van der Waals surface area contributed by atoms with Gasteiger partial charge in [0.05, 0.1) is 7.11 Å². The van der Waals surface area contributed by atoms with Gasteiger partial charge in [-0.1, -0.05) is 35.0 Å². The lowest BCUT2D eigenvalue weighted by atomic mass is 10.2. The van der Waals surface area contributed by atoms with E-state index in [9.17, 15) is 0 Å². The van der Waals surface area contributed by atoms with Crippen LogP contribution < -0.4 is 4.74 Å². The molecule has 2 aromatic rings. The summed E-state index contributed by atoms with van der Waals surface area (Å²) in [5, 5.41) is 4.45. The third-order valence-electron chi connectivity index (χ3n) is 2.51. The van der Waals surface area contributed by atoms with Crippen molar-refractivity contribution in [2.45, 2.75) is 6.61 Å². The molecule has 2 aromatic carbocycles. The van der Waals surface area contributed by atoms with Gasteiger partial charge in [-0.05, 0) is 30.3 Å². The summed E-state index contributed by atoms with van der Waals surface area (Å²) in [6, 6.07) is 14.9. The van der Waals surface area contributed by atoms with E-state index in [2.05, 4.69) is 11.4 Å². The number of hydrogen-bond donors (Lipinski definition) is 0. The topological polar surface area (TPSA) is 30.8 Å². The summed E-state index contributed by atoms with van der Waals surface area (Å²) < 4.78 is 5.06. The number of hydrogen-bond acceptors (Lipinski definition) is 3. The predicted octanol–water partition coefficient (Wildman–Crippen LogP) is 3.78. The van der Waals surface area contributed by atoms with Crippen LogP contribution in [0.5, 0.6) is 5.75 Å². The van der Waals surface area contributed by atoms with E-state index in [1.165, 1.54) is 0 Å². The van der Waals surface area contributed by atoms with Crippen LogP contribution >= 0.6 is 11.6 Å². The molecule has 97 valence electrons. The van der Waals surface area contributed by atoms with Gasteiger partial charge in [0, 0.05) is 16.1 Å². The molecular weight excluding hydrogens is 262 g/mol. The van der Waals surface area contributed by atoms with Crippen molar-refractivity contribution in [3.63, 3.8) is 0 Å². The standard InChI is InChI=1S/C15H13ClNO2/c1-18-14-8-6-12(7-9-14)10-17-19-11-13-4-2-3-5-15(13)16/h2-9H,11H2,1H3. The molecule has 0 bridgehead atoms. The summed E-state index contributed by atoms with van der Waals surface area (Å²) in [4.78, 5) is 5.16. The highest BCUT2D eigenvalue weighted by molar-refractivity contribution is 6.31. The molecule has 1 radical (unpaired) electrons. The Labute approximate surface area is 117 Å². The molecular formula is C15H13ClNO2. The molecule has 0 aliphatic heterocycles. The van der Waals surface area contributed by atoms with E-state index in [0.29, 0.717) is 11.6 Å². The van der Waals surface area contributed by atoms with Crippen molar-refractivity contribution in [1.82, 2.24) is 0 Å². The third kappa shape index (κ3) is 4.00. The number of rotatable bonds is 5. The zero-order valence-corrected chi connectivity index (χ0v) is 11.2. The van der Waals surface area contributed by atoms with Crippen LogP contribution in [-0.2, 0) is 11.4 Å². The first-order chi connectivity index (χ1) is 9.29. The van der Waals surface area contributed by atoms with Crippen LogP contribution in [-0.4, -0.2) is 13.3 Å². The normalized spacial score (nSPS) is 10.6. The fourth-order valence-corrected chi connectivity index (χ4v) is 1.66. The lowest BCUT2D eigenvalue weighted by molar-refractivity contribution is 0.132. The SMILES string of the molecule is COc1ccc(/[C]=N\OCc2ccccc2Cl)cc1. The first-order valence-electron chi connectivity index (χ1n) is 5.75. The van der Waals surface area contributed by atoms with Crippen molar-refractivity contribution in [2.75, 3.05) is 7.11 Å². The van der Waals surface area contributed by atoms with Crippen LogP contribution in [0.3, 0.4) is 0 Å². The van der Waals surface area contributed by atoms with Crippen molar-refractivity contribution in [2.24, 2.45) is 5.16 Å². The number of ether oxygens (including phenoxy) is 1. The van der Waals surface area contributed by atoms with Crippen molar-refractivity contribution >= 4 is 17.8 Å². The Morgan fingerprint density at radius 2 is 1.84 bits per heavy atom. The van der Waals surface area contributed by atoms with E-state index >= 15 is 0 Å². The second-order valence-corrected chi connectivity index (χ2v) is 4.20. The number of halogens is 1. The Kier molecular flexibility index (Phi) is 4.81. The molecule has 0 atom stereocenters. The molecule has 0 aliphatic carbocycles. The fraction of sp³-hybridized carbons (Fsp3) is 0.133. The van der Waals surface area contributed by atoms with Crippen LogP contribution in [0.25, 0.3) is 0 Å². The van der Waals surface area contributed by atoms with E-state index in [-0.39, 0.29) is 0 Å². The van der Waals surface area contributed by atoms with Gasteiger partial charge in [0.1, 0.15) is 18.6 Å². The van der Waals surface area contributed by atoms with Crippen molar-refractivity contribution in [3.8, 4) is 5.75 Å². The van der Waals surface area contributed by atoms with Crippen molar-refractivity contribution in [3.05, 3.63) is 64.7 Å². The molecule has 0 saturated heterocycles. The van der Waals surface area contributed by atoms with Gasteiger partial charge in [0.15, 0.2) is 0 Å². The summed E-state index contributed by atoms with van der Waals surface area (Å²) in [5.74, 6) is 0.794. The largest absolute Gasteiger partial charge is 0.497 e. The number of methoxy groups -OCH3 is 1. The van der Waals surface area contributed by atoms with Crippen LogP contribution in [0.4, 0.5) is 0 Å². The van der Waals surface area contributed by atoms with Gasteiger partial charge in [-0.3, -0.25) is 0 Å². The van der Waals surface area contributed by atoms with Gasteiger partial charge in [0.2, 0.25) is 0 Å². The third-order valence-corrected chi connectivity index (χ3v) is 2.88. The maximum absolute atomic E-state index is 6.00. The highest BCUT2D eigenvalue weighted by atomic mass is 35.5. The van der Waals surface area contributed by atoms with Crippen LogP contribution in [0.2, 0.25) is 5.02 Å². The first-order valence-corrected chi connectivity index (χ1v) is 6.13. The summed E-state index contributed by atoms with van der Waals surface area (Å²) in [7, 11) is 1.62. The summed E-state index contributed by atoms with van der Waals surface area (Å²) in [5.41, 5.74) is 1.71. The quantitative estimate of drug-likeness (QED) is 0.614. The molecule has 0 N–H and O–H groups in total. The predicted molar refractivity (Wildman–Crippen MR) is 75.8 cm³/mol. The van der Waals surface area contributed by atoms with Crippen LogP contribution in [0.1, 0.15) is 11.1 Å². The molecule has 0 amide bonds. The van der Waals surface area contributed by atoms with Crippen molar-refractivity contribution < 1.29 is 9.57 Å². The summed E-state index contributed by atoms with van der Waals surface area (Å²) in [6.45, 7) is 0.322. The molecule has 4 heteroatoms. The molecule has 0 spiro atoms. The summed E-state index contributed by atoms with van der Waals surface area (Å²) in [6.07, 6.45) is 2.79. The molecule has 0 aromatic heterocycles. The number of benzene rings is 2. The zero-order chi connectivity index (χ0) is 13.5. The maximum Gasteiger partial charge on any atom is 0.143 e. The Hall–Kier alpha value is -2.00. The fourth-order valence-electron chi connectivity index (χ4n) is 1.47. The second-order valence-electron chi connectivity index (χ2n) is 3.80. The molecule has 19 heavy (non-hydrogen) atoms.